The van der Waals surface area contributed by atoms with Crippen LogP contribution in [0.15, 0.2) is 77.7 Å². The third-order valence-electron chi connectivity index (χ3n) is 7.87. The summed E-state index contributed by atoms with van der Waals surface area (Å²) in [6, 6.07) is 14.3. The number of nitrogens with one attached hydrogen (secondary N) is 2. The van der Waals surface area contributed by atoms with Crippen LogP contribution < -0.4 is 20.3 Å². The lowest BCUT2D eigenvalue weighted by Gasteiger charge is -2.22. The fraction of sp³-hybridized carbons (Fsp3) is 0.182. The molecule has 50 heavy (non-hydrogen) atoms. The number of nitrogens with zero attached hydrogens (tertiary/aromatic N) is 5. The molecule has 3 N–H and O–H groups in total. The van der Waals surface area contributed by atoms with Gasteiger partial charge in [-0.2, -0.15) is 5.10 Å². The van der Waals surface area contributed by atoms with E-state index in [1.165, 1.54) is 49.3 Å². The highest BCUT2D eigenvalue weighted by molar-refractivity contribution is 7.92. The maximum atomic E-state index is 14.2. The van der Waals surface area contributed by atoms with Crippen LogP contribution in [0.1, 0.15) is 23.0 Å². The van der Waals surface area contributed by atoms with Crippen LogP contribution in [0, 0.1) is 11.6 Å². The minimum atomic E-state index is -3.98. The standard InChI is InChI=1S/C33H28ClF2N7O6S/c1-42-28-26(10-9-24(34)27(28)30(40-42)41-50(47,48)13-11-18-5-7-22(49-2)8-6-18)43-31(39-29-23(32(43)44)4-3-12-37-29)25(38-33(45)46)16-19-14-20(35)17-21(36)15-19/h3-10,12,14-15,17,25,38H,11,13,16H2,1-2H3,(H,40,41)(H,45,46)/t25-/m0/s1. The number of hydrogen-bond acceptors (Lipinski definition) is 8. The maximum absolute atomic E-state index is 14.2. The van der Waals surface area contributed by atoms with E-state index in [0.717, 1.165) is 22.3 Å². The zero-order chi connectivity index (χ0) is 35.7. The maximum Gasteiger partial charge on any atom is 0.405 e. The van der Waals surface area contributed by atoms with E-state index < -0.39 is 39.4 Å². The topological polar surface area (TPSA) is 170 Å². The Labute approximate surface area is 288 Å². The van der Waals surface area contributed by atoms with Gasteiger partial charge >= 0.3 is 6.09 Å². The number of hydrogen-bond donors (Lipinski definition) is 3. The minimum Gasteiger partial charge on any atom is -0.497 e. The number of aromatic nitrogens is 5. The van der Waals surface area contributed by atoms with Gasteiger partial charge in [-0.25, -0.2) is 32.0 Å². The first-order chi connectivity index (χ1) is 23.8. The number of carbonyl (C=O) groups is 1. The summed E-state index contributed by atoms with van der Waals surface area (Å²) in [5, 5.41) is 16.8. The van der Waals surface area contributed by atoms with Gasteiger partial charge in [0.2, 0.25) is 10.0 Å². The first-order valence-corrected chi connectivity index (χ1v) is 17.0. The summed E-state index contributed by atoms with van der Waals surface area (Å²) < 4.78 is 65.0. The highest BCUT2D eigenvalue weighted by Crippen LogP contribution is 2.35. The second-order valence-electron chi connectivity index (χ2n) is 11.3. The van der Waals surface area contributed by atoms with Crippen molar-refractivity contribution in [2.45, 2.75) is 18.9 Å². The Morgan fingerprint density at radius 2 is 1.78 bits per heavy atom. The third kappa shape index (κ3) is 7.06. The molecule has 258 valence electrons. The molecule has 13 nitrogen and oxygen atoms in total. The molecule has 6 rings (SSSR count). The van der Waals surface area contributed by atoms with E-state index in [2.05, 4.69) is 25.1 Å². The van der Waals surface area contributed by atoms with Crippen LogP contribution in [0.5, 0.6) is 5.75 Å². The van der Waals surface area contributed by atoms with Gasteiger partial charge in [0.25, 0.3) is 5.56 Å². The van der Waals surface area contributed by atoms with Gasteiger partial charge in [-0.3, -0.25) is 18.8 Å². The molecule has 3 heterocycles. The van der Waals surface area contributed by atoms with Crippen LogP contribution in [-0.2, 0) is 29.9 Å². The Bertz CT molecular complexity index is 2420. The van der Waals surface area contributed by atoms with E-state index in [9.17, 15) is 31.9 Å². The Hall–Kier alpha value is -5.61. The van der Waals surface area contributed by atoms with Gasteiger partial charge in [-0.1, -0.05) is 23.7 Å². The predicted molar refractivity (Wildman–Crippen MR) is 182 cm³/mol. The quantitative estimate of drug-likeness (QED) is 0.164. The van der Waals surface area contributed by atoms with E-state index in [4.69, 9.17) is 16.3 Å². The fourth-order valence-corrected chi connectivity index (χ4v) is 6.96. The van der Waals surface area contributed by atoms with Crippen LogP contribution in [0.4, 0.5) is 19.4 Å². The van der Waals surface area contributed by atoms with Crippen LogP contribution in [0.3, 0.4) is 0 Å². The number of methoxy groups -OCH3 is 1. The van der Waals surface area contributed by atoms with Gasteiger partial charge in [-0.15, -0.1) is 0 Å². The Morgan fingerprint density at radius 3 is 2.46 bits per heavy atom. The Kier molecular flexibility index (Phi) is 9.40. The molecular weight excluding hydrogens is 696 g/mol. The van der Waals surface area contributed by atoms with Gasteiger partial charge in [-0.05, 0) is 66.1 Å². The second-order valence-corrected chi connectivity index (χ2v) is 13.5. The molecule has 0 radical (unpaired) electrons. The number of rotatable bonds is 11. The Morgan fingerprint density at radius 1 is 1.06 bits per heavy atom. The van der Waals surface area contributed by atoms with Crippen molar-refractivity contribution in [2.75, 3.05) is 17.6 Å². The summed E-state index contributed by atoms with van der Waals surface area (Å²) in [7, 11) is -0.931. The van der Waals surface area contributed by atoms with Crippen molar-refractivity contribution in [1.82, 2.24) is 29.6 Å². The van der Waals surface area contributed by atoms with Gasteiger partial charge < -0.3 is 15.2 Å². The molecule has 0 saturated carbocycles. The van der Waals surface area contributed by atoms with Gasteiger partial charge in [0, 0.05) is 25.7 Å². The summed E-state index contributed by atoms with van der Waals surface area (Å²) in [5.41, 5.74) is 0.488. The molecule has 3 aromatic carbocycles. The summed E-state index contributed by atoms with van der Waals surface area (Å²) in [6.07, 6.45) is -0.222. The first kappa shape index (κ1) is 34.3. The number of benzene rings is 3. The SMILES string of the molecule is COc1ccc(CCS(=O)(=O)Nc2nn(C)c3c(-n4c([C@H](Cc5cc(F)cc(F)c5)NC(=O)O)nc5ncccc5c4=O)ccc(Cl)c23)cc1. The molecule has 0 aliphatic rings. The Balaban J connectivity index is 1.48. The van der Waals surface area contributed by atoms with E-state index >= 15 is 0 Å². The lowest BCUT2D eigenvalue weighted by atomic mass is 10.0. The summed E-state index contributed by atoms with van der Waals surface area (Å²) in [5.74, 6) is -1.69. The molecule has 1 atom stereocenters. The number of halogens is 3. The molecule has 1 amide bonds. The summed E-state index contributed by atoms with van der Waals surface area (Å²) in [6.45, 7) is 0. The third-order valence-corrected chi connectivity index (χ3v) is 9.43. The molecule has 0 unspecified atom stereocenters. The fourth-order valence-electron chi connectivity index (χ4n) is 5.68. The average molecular weight is 724 g/mol. The monoisotopic (exact) mass is 723 g/mol. The number of fused-ring (bicyclic) bond motifs is 2. The summed E-state index contributed by atoms with van der Waals surface area (Å²) in [4.78, 5) is 35.0. The normalized spacial score (nSPS) is 12.3. The van der Waals surface area contributed by atoms with E-state index in [0.29, 0.717) is 11.8 Å². The lowest BCUT2D eigenvalue weighted by Crippen LogP contribution is -2.35. The number of pyridine rings is 1. The molecule has 17 heteroatoms. The molecule has 6 aromatic rings. The largest absolute Gasteiger partial charge is 0.497 e. The van der Waals surface area contributed by atoms with E-state index in [1.54, 1.807) is 24.3 Å². The average Bonchev–Trinajstić information content (AvgIpc) is 3.39. The smallest absolute Gasteiger partial charge is 0.405 e. The van der Waals surface area contributed by atoms with Crippen molar-refractivity contribution in [3.63, 3.8) is 0 Å². The highest BCUT2D eigenvalue weighted by atomic mass is 35.5. The molecule has 0 aliphatic carbocycles. The highest BCUT2D eigenvalue weighted by Gasteiger charge is 2.28. The molecule has 3 aromatic heterocycles. The van der Waals surface area contributed by atoms with Gasteiger partial charge in [0.1, 0.15) is 23.2 Å². The van der Waals surface area contributed by atoms with Crippen molar-refractivity contribution in [3.05, 3.63) is 117 Å². The van der Waals surface area contributed by atoms with E-state index in [1.807, 2.05) is 0 Å². The number of aryl methyl sites for hydroxylation is 2. The second kappa shape index (κ2) is 13.7. The minimum absolute atomic E-state index is 0.00751. The summed E-state index contributed by atoms with van der Waals surface area (Å²) >= 11 is 6.63. The molecule has 0 bridgehead atoms. The van der Waals surface area contributed by atoms with Crippen molar-refractivity contribution < 1.29 is 31.8 Å². The zero-order valence-corrected chi connectivity index (χ0v) is 28.0. The number of amides is 1. The number of carboxylic acid groups (broad SMARTS) is 1. The molecular formula is C33H28ClF2N7O6S. The van der Waals surface area contributed by atoms with Gasteiger partial charge in [0.15, 0.2) is 11.5 Å². The molecule has 0 saturated heterocycles. The number of sulfonamides is 1. The van der Waals surface area contributed by atoms with Crippen molar-refractivity contribution in [1.29, 1.82) is 0 Å². The van der Waals surface area contributed by atoms with Crippen molar-refractivity contribution in [3.8, 4) is 11.4 Å². The van der Waals surface area contributed by atoms with Crippen LogP contribution in [-0.4, -0.2) is 56.8 Å². The van der Waals surface area contributed by atoms with Crippen molar-refractivity contribution in [2.24, 2.45) is 7.05 Å². The molecule has 0 fully saturated rings. The van der Waals surface area contributed by atoms with Crippen LogP contribution in [0.25, 0.3) is 27.6 Å². The first-order valence-electron chi connectivity index (χ1n) is 14.9. The zero-order valence-electron chi connectivity index (χ0n) is 26.4. The lowest BCUT2D eigenvalue weighted by molar-refractivity contribution is 0.189. The van der Waals surface area contributed by atoms with Crippen LogP contribution in [0.2, 0.25) is 5.02 Å². The van der Waals surface area contributed by atoms with E-state index in [-0.39, 0.29) is 68.4 Å². The van der Waals surface area contributed by atoms with Crippen molar-refractivity contribution >= 4 is 55.5 Å². The number of ether oxygens (including phenoxy) is 1. The van der Waals surface area contributed by atoms with Crippen LogP contribution >= 0.6 is 11.6 Å². The van der Waals surface area contributed by atoms with Gasteiger partial charge in [0.05, 0.1) is 45.9 Å². The molecule has 0 aliphatic heterocycles. The predicted octanol–water partition coefficient (Wildman–Crippen LogP) is 5.14. The number of anilines is 1. The molecule has 0 spiro atoms.